The first-order chi connectivity index (χ1) is 17.0. The van der Waals surface area contributed by atoms with E-state index in [1.54, 1.807) is 56.7 Å². The summed E-state index contributed by atoms with van der Waals surface area (Å²) in [5.41, 5.74) is 3.57. The predicted octanol–water partition coefficient (Wildman–Crippen LogP) is 6.22. The van der Waals surface area contributed by atoms with Crippen molar-refractivity contribution >= 4 is 17.7 Å². The van der Waals surface area contributed by atoms with Crippen LogP contribution in [0.25, 0.3) is 22.4 Å². The zero-order valence-electron chi connectivity index (χ0n) is 19.1. The molecule has 1 atom stereocenters. The van der Waals surface area contributed by atoms with Crippen molar-refractivity contribution in [2.45, 2.75) is 10.3 Å². The number of rotatable bonds is 8. The highest BCUT2D eigenvalue weighted by Gasteiger charge is 2.26. The van der Waals surface area contributed by atoms with Gasteiger partial charge in [0.15, 0.2) is 0 Å². The Balaban J connectivity index is 1.97. The Hall–Kier alpha value is -4.28. The molecule has 0 amide bonds. The minimum absolute atomic E-state index is 0.267. The van der Waals surface area contributed by atoms with Gasteiger partial charge in [-0.05, 0) is 29.8 Å². The predicted molar refractivity (Wildman–Crippen MR) is 136 cm³/mol. The van der Waals surface area contributed by atoms with Gasteiger partial charge in [0.1, 0.15) is 27.8 Å². The molecule has 174 valence electrons. The van der Waals surface area contributed by atoms with E-state index in [1.807, 2.05) is 42.5 Å². The highest BCUT2D eigenvalue weighted by atomic mass is 32.2. The SMILES string of the molecule is COc1ccc(OC)c(-c2cc(-c3ccccc3)nc(SC(C(=O)O)c3ccccc3)c2C#N)c1. The third-order valence-electron chi connectivity index (χ3n) is 5.42. The molecule has 0 aliphatic heterocycles. The van der Waals surface area contributed by atoms with Gasteiger partial charge in [-0.3, -0.25) is 4.79 Å². The second-order valence-corrected chi connectivity index (χ2v) is 8.62. The van der Waals surface area contributed by atoms with Gasteiger partial charge in [0.05, 0.1) is 25.5 Å². The van der Waals surface area contributed by atoms with Crippen molar-refractivity contribution < 1.29 is 19.4 Å². The number of carbonyl (C=O) groups is 1. The molecule has 0 bridgehead atoms. The summed E-state index contributed by atoms with van der Waals surface area (Å²) in [6.45, 7) is 0. The number of hydrogen-bond acceptors (Lipinski definition) is 6. The van der Waals surface area contributed by atoms with Crippen LogP contribution >= 0.6 is 11.8 Å². The van der Waals surface area contributed by atoms with Crippen LogP contribution in [0.3, 0.4) is 0 Å². The Kier molecular flexibility index (Phi) is 7.34. The number of thioether (sulfide) groups is 1. The van der Waals surface area contributed by atoms with Gasteiger partial charge in [-0.1, -0.05) is 72.4 Å². The molecule has 0 saturated carbocycles. The molecular weight excluding hydrogens is 460 g/mol. The average molecular weight is 483 g/mol. The zero-order valence-corrected chi connectivity index (χ0v) is 20.0. The normalized spacial score (nSPS) is 11.3. The number of pyridine rings is 1. The highest BCUT2D eigenvalue weighted by Crippen LogP contribution is 2.43. The molecule has 6 nitrogen and oxygen atoms in total. The van der Waals surface area contributed by atoms with Crippen molar-refractivity contribution in [3.05, 3.63) is 96.1 Å². The number of carboxylic acids is 1. The van der Waals surface area contributed by atoms with E-state index in [2.05, 4.69) is 6.07 Å². The molecule has 1 heterocycles. The molecule has 7 heteroatoms. The van der Waals surface area contributed by atoms with Gasteiger partial charge in [0.25, 0.3) is 0 Å². The molecule has 3 aromatic carbocycles. The number of methoxy groups -OCH3 is 2. The lowest BCUT2D eigenvalue weighted by molar-refractivity contribution is -0.136. The second kappa shape index (κ2) is 10.8. The summed E-state index contributed by atoms with van der Waals surface area (Å²) >= 11 is 1.04. The molecule has 0 radical (unpaired) electrons. The molecule has 1 aromatic heterocycles. The molecule has 0 aliphatic carbocycles. The highest BCUT2D eigenvalue weighted by molar-refractivity contribution is 8.00. The summed E-state index contributed by atoms with van der Waals surface area (Å²) in [5, 5.41) is 19.6. The molecule has 0 spiro atoms. The van der Waals surface area contributed by atoms with Crippen LogP contribution in [0.1, 0.15) is 16.4 Å². The number of ether oxygens (including phenoxy) is 2. The summed E-state index contributed by atoms with van der Waals surface area (Å²) in [5.74, 6) is 0.142. The minimum Gasteiger partial charge on any atom is -0.497 e. The number of hydrogen-bond donors (Lipinski definition) is 1. The standard InChI is InChI=1S/C28H22N2O4S/c1-33-20-13-14-25(34-2)22(15-20)21-16-24(18-9-5-3-6-10-18)30-27(23(21)17-29)35-26(28(31)32)19-11-7-4-8-12-19/h3-16,26H,1-2H3,(H,31,32). The van der Waals surface area contributed by atoms with Crippen molar-refractivity contribution in [1.82, 2.24) is 4.98 Å². The number of nitrogens with zero attached hydrogens (tertiary/aromatic N) is 2. The maximum absolute atomic E-state index is 12.2. The Morgan fingerprint density at radius 2 is 1.63 bits per heavy atom. The summed E-state index contributed by atoms with van der Waals surface area (Å²) in [7, 11) is 3.12. The molecule has 35 heavy (non-hydrogen) atoms. The summed E-state index contributed by atoms with van der Waals surface area (Å²) in [4.78, 5) is 17.0. The summed E-state index contributed by atoms with van der Waals surface area (Å²) in [6.07, 6.45) is 0. The quantitative estimate of drug-likeness (QED) is 0.298. The van der Waals surface area contributed by atoms with E-state index in [-0.39, 0.29) is 5.56 Å². The van der Waals surface area contributed by atoms with E-state index in [9.17, 15) is 15.2 Å². The third kappa shape index (κ3) is 5.13. The Morgan fingerprint density at radius 3 is 2.23 bits per heavy atom. The molecule has 0 saturated heterocycles. The van der Waals surface area contributed by atoms with E-state index in [4.69, 9.17) is 14.5 Å². The van der Waals surface area contributed by atoms with Crippen molar-refractivity contribution in [3.63, 3.8) is 0 Å². The van der Waals surface area contributed by atoms with E-state index >= 15 is 0 Å². The van der Waals surface area contributed by atoms with Crippen molar-refractivity contribution in [3.8, 4) is 40.0 Å². The third-order valence-corrected chi connectivity index (χ3v) is 6.65. The van der Waals surface area contributed by atoms with Crippen LogP contribution in [0, 0.1) is 11.3 Å². The lowest BCUT2D eigenvalue weighted by Gasteiger charge is -2.18. The maximum atomic E-state index is 12.2. The molecule has 0 fully saturated rings. The number of aromatic nitrogens is 1. The van der Waals surface area contributed by atoms with Crippen LogP contribution in [0.2, 0.25) is 0 Å². The van der Waals surface area contributed by atoms with Crippen LogP contribution in [-0.2, 0) is 4.79 Å². The monoisotopic (exact) mass is 482 g/mol. The lowest BCUT2D eigenvalue weighted by atomic mass is 9.98. The van der Waals surface area contributed by atoms with Crippen molar-refractivity contribution in [2.75, 3.05) is 14.2 Å². The smallest absolute Gasteiger partial charge is 0.321 e. The average Bonchev–Trinajstić information content (AvgIpc) is 2.91. The number of nitriles is 1. The van der Waals surface area contributed by atoms with Gasteiger partial charge < -0.3 is 14.6 Å². The van der Waals surface area contributed by atoms with Crippen LogP contribution < -0.4 is 9.47 Å². The lowest BCUT2D eigenvalue weighted by Crippen LogP contribution is -2.09. The van der Waals surface area contributed by atoms with Crippen molar-refractivity contribution in [2.24, 2.45) is 0 Å². The Morgan fingerprint density at radius 1 is 0.943 bits per heavy atom. The topological polar surface area (TPSA) is 92.4 Å². The van der Waals surface area contributed by atoms with Crippen LogP contribution in [0.5, 0.6) is 11.5 Å². The van der Waals surface area contributed by atoms with Crippen molar-refractivity contribution in [1.29, 1.82) is 5.26 Å². The molecule has 1 unspecified atom stereocenters. The van der Waals surface area contributed by atoms with E-state index in [1.165, 1.54) is 0 Å². The fourth-order valence-corrected chi connectivity index (χ4v) is 4.75. The van der Waals surface area contributed by atoms with E-state index < -0.39 is 11.2 Å². The summed E-state index contributed by atoms with van der Waals surface area (Å²) in [6, 6.07) is 27.9. The molecule has 0 aliphatic rings. The van der Waals surface area contributed by atoms with Gasteiger partial charge in [0.2, 0.25) is 0 Å². The molecule has 4 aromatic rings. The van der Waals surface area contributed by atoms with Gasteiger partial charge in [-0.2, -0.15) is 5.26 Å². The number of benzene rings is 3. The molecule has 4 rings (SSSR count). The second-order valence-electron chi connectivity index (χ2n) is 7.53. The maximum Gasteiger partial charge on any atom is 0.321 e. The minimum atomic E-state index is -1.02. The molecular formula is C28H22N2O4S. The van der Waals surface area contributed by atoms with Gasteiger partial charge in [0, 0.05) is 16.7 Å². The zero-order chi connectivity index (χ0) is 24.8. The van der Waals surface area contributed by atoms with Crippen LogP contribution in [-0.4, -0.2) is 30.3 Å². The first-order valence-corrected chi connectivity index (χ1v) is 11.6. The van der Waals surface area contributed by atoms with E-state index in [0.29, 0.717) is 38.9 Å². The molecule has 1 N–H and O–H groups in total. The fraction of sp³-hybridized carbons (Fsp3) is 0.107. The van der Waals surface area contributed by atoms with Crippen LogP contribution in [0.15, 0.2) is 90.0 Å². The van der Waals surface area contributed by atoms with Crippen LogP contribution in [0.4, 0.5) is 0 Å². The summed E-state index contributed by atoms with van der Waals surface area (Å²) < 4.78 is 11.0. The Bertz CT molecular complexity index is 1390. The number of aliphatic carboxylic acids is 1. The first-order valence-electron chi connectivity index (χ1n) is 10.7. The van der Waals surface area contributed by atoms with Gasteiger partial charge in [-0.25, -0.2) is 4.98 Å². The van der Waals surface area contributed by atoms with Gasteiger partial charge >= 0.3 is 5.97 Å². The largest absolute Gasteiger partial charge is 0.497 e. The van der Waals surface area contributed by atoms with E-state index in [0.717, 1.165) is 17.3 Å². The first kappa shape index (κ1) is 23.9. The van der Waals surface area contributed by atoms with Gasteiger partial charge in [-0.15, -0.1) is 0 Å². The number of carboxylic acid groups (broad SMARTS) is 1. The fourth-order valence-electron chi connectivity index (χ4n) is 3.71. The Labute approximate surface area is 207 Å².